The van der Waals surface area contributed by atoms with E-state index in [1.54, 1.807) is 24.4 Å². The maximum absolute atomic E-state index is 11.3. The van der Waals surface area contributed by atoms with Gasteiger partial charge in [-0.1, -0.05) is 0 Å². The van der Waals surface area contributed by atoms with Crippen molar-refractivity contribution in [2.45, 2.75) is 6.92 Å². The number of carbonyl (C=O) groups is 2. The van der Waals surface area contributed by atoms with Crippen LogP contribution in [0.2, 0.25) is 0 Å². The smallest absolute Gasteiger partial charge is 0.319 e. The first-order valence-corrected chi connectivity index (χ1v) is 4.31. The van der Waals surface area contributed by atoms with E-state index in [4.69, 9.17) is 15.4 Å². The summed E-state index contributed by atoms with van der Waals surface area (Å²) in [5.74, 6) is -0.470. The molecule has 3 amide bonds. The van der Waals surface area contributed by atoms with E-state index >= 15 is 0 Å². The first-order valence-electron chi connectivity index (χ1n) is 4.31. The van der Waals surface area contributed by atoms with Crippen LogP contribution < -0.4 is 11.1 Å². The van der Waals surface area contributed by atoms with Gasteiger partial charge in [0.1, 0.15) is 17.4 Å². The van der Waals surface area contributed by atoms with Gasteiger partial charge in [0.2, 0.25) is 0 Å². The summed E-state index contributed by atoms with van der Waals surface area (Å²) in [7, 11) is 0. The fourth-order valence-corrected chi connectivity index (χ4v) is 0.991. The largest absolute Gasteiger partial charge is 0.465 e. The van der Waals surface area contributed by atoms with Crippen molar-refractivity contribution in [3.63, 3.8) is 0 Å². The molecular weight excluding hydrogens is 210 g/mol. The van der Waals surface area contributed by atoms with Crippen molar-refractivity contribution in [3.05, 3.63) is 29.2 Å². The van der Waals surface area contributed by atoms with Gasteiger partial charge in [-0.3, -0.25) is 10.1 Å². The monoisotopic (exact) mass is 219 g/mol. The highest BCUT2D eigenvalue weighted by atomic mass is 16.3. The molecule has 6 heteroatoms. The molecule has 0 fully saturated rings. The van der Waals surface area contributed by atoms with Crippen molar-refractivity contribution in [1.29, 1.82) is 5.26 Å². The molecule has 0 atom stereocenters. The Balaban J connectivity index is 2.96. The predicted octanol–water partition coefficient (Wildman–Crippen LogP) is 0.690. The third-order valence-corrected chi connectivity index (χ3v) is 1.78. The van der Waals surface area contributed by atoms with E-state index in [1.807, 2.05) is 0 Å². The minimum Gasteiger partial charge on any atom is -0.465 e. The summed E-state index contributed by atoms with van der Waals surface area (Å²) in [6, 6.07) is 2.33. The van der Waals surface area contributed by atoms with Crippen molar-refractivity contribution in [2.75, 3.05) is 0 Å². The van der Waals surface area contributed by atoms with Gasteiger partial charge in [0.25, 0.3) is 5.91 Å². The molecule has 0 saturated heterocycles. The molecule has 0 aliphatic rings. The molecule has 0 aliphatic carbocycles. The number of nitrogens with two attached hydrogens (primary N) is 1. The Bertz CT molecular complexity index is 494. The number of furan rings is 1. The molecule has 6 nitrogen and oxygen atoms in total. The SMILES string of the molecule is Cc1ccoc1C=C(C#N)C(=O)NC(N)=O. The number of nitrogens with zero attached hydrogens (tertiary/aromatic N) is 1. The molecule has 1 heterocycles. The fourth-order valence-electron chi connectivity index (χ4n) is 0.991. The van der Waals surface area contributed by atoms with Gasteiger partial charge in [-0.2, -0.15) is 5.26 Å². The molecule has 0 radical (unpaired) electrons. The molecule has 0 aromatic carbocycles. The van der Waals surface area contributed by atoms with Crippen LogP contribution in [0.5, 0.6) is 0 Å². The number of carbonyl (C=O) groups excluding carboxylic acids is 2. The zero-order valence-corrected chi connectivity index (χ0v) is 8.48. The van der Waals surface area contributed by atoms with Crippen LogP contribution in [0.1, 0.15) is 11.3 Å². The minimum atomic E-state index is -1.01. The molecule has 0 aliphatic heterocycles. The van der Waals surface area contributed by atoms with E-state index in [1.165, 1.54) is 12.3 Å². The summed E-state index contributed by atoms with van der Waals surface area (Å²) in [6.45, 7) is 1.76. The topological polar surface area (TPSA) is 109 Å². The quantitative estimate of drug-likeness (QED) is 0.563. The molecule has 0 unspecified atom stereocenters. The lowest BCUT2D eigenvalue weighted by Gasteiger charge is -1.97. The summed E-state index contributed by atoms with van der Waals surface area (Å²) in [4.78, 5) is 21.7. The van der Waals surface area contributed by atoms with E-state index in [2.05, 4.69) is 0 Å². The van der Waals surface area contributed by atoms with Gasteiger partial charge < -0.3 is 10.2 Å². The zero-order valence-electron chi connectivity index (χ0n) is 8.48. The summed E-state index contributed by atoms with van der Waals surface area (Å²) >= 11 is 0. The zero-order chi connectivity index (χ0) is 12.1. The maximum Gasteiger partial charge on any atom is 0.319 e. The van der Waals surface area contributed by atoms with Crippen molar-refractivity contribution in [2.24, 2.45) is 5.73 Å². The van der Waals surface area contributed by atoms with Crippen LogP contribution in [0.3, 0.4) is 0 Å². The average molecular weight is 219 g/mol. The number of hydrogen-bond acceptors (Lipinski definition) is 4. The lowest BCUT2D eigenvalue weighted by atomic mass is 10.2. The summed E-state index contributed by atoms with van der Waals surface area (Å²) in [5.41, 5.74) is 5.28. The van der Waals surface area contributed by atoms with Gasteiger partial charge in [-0.15, -0.1) is 0 Å². The van der Waals surface area contributed by atoms with Crippen molar-refractivity contribution in [1.82, 2.24) is 5.32 Å². The number of aryl methyl sites for hydroxylation is 1. The van der Waals surface area contributed by atoms with Crippen molar-refractivity contribution >= 4 is 18.0 Å². The summed E-state index contributed by atoms with van der Waals surface area (Å²) in [5, 5.41) is 10.5. The van der Waals surface area contributed by atoms with E-state index in [-0.39, 0.29) is 5.57 Å². The molecule has 0 bridgehead atoms. The average Bonchev–Trinajstić information content (AvgIpc) is 2.59. The Morgan fingerprint density at radius 1 is 1.62 bits per heavy atom. The Morgan fingerprint density at radius 2 is 2.31 bits per heavy atom. The van der Waals surface area contributed by atoms with E-state index < -0.39 is 11.9 Å². The highest BCUT2D eigenvalue weighted by molar-refractivity contribution is 6.08. The van der Waals surface area contributed by atoms with Gasteiger partial charge in [0.15, 0.2) is 0 Å². The standard InChI is InChI=1S/C10H9N3O3/c1-6-2-3-16-8(6)4-7(5-11)9(14)13-10(12)15/h2-4H,1H3,(H3,12,13,14,15). The lowest BCUT2D eigenvalue weighted by molar-refractivity contribution is -0.115. The highest BCUT2D eigenvalue weighted by Gasteiger charge is 2.12. The second-order valence-corrected chi connectivity index (χ2v) is 2.96. The van der Waals surface area contributed by atoms with Crippen LogP contribution in [-0.2, 0) is 4.79 Å². The summed E-state index contributed by atoms with van der Waals surface area (Å²) < 4.78 is 5.03. The predicted molar refractivity (Wildman–Crippen MR) is 54.8 cm³/mol. The third kappa shape index (κ3) is 2.72. The minimum absolute atomic E-state index is 0.253. The molecule has 1 aromatic heterocycles. The number of nitriles is 1. The van der Waals surface area contributed by atoms with Crippen LogP contribution >= 0.6 is 0 Å². The van der Waals surface area contributed by atoms with Crippen LogP contribution in [0.15, 0.2) is 22.3 Å². The van der Waals surface area contributed by atoms with Gasteiger partial charge in [0.05, 0.1) is 6.26 Å². The molecule has 16 heavy (non-hydrogen) atoms. The van der Waals surface area contributed by atoms with E-state index in [9.17, 15) is 9.59 Å². The number of urea groups is 1. The maximum atomic E-state index is 11.3. The van der Waals surface area contributed by atoms with Crippen molar-refractivity contribution in [3.8, 4) is 6.07 Å². The van der Waals surface area contributed by atoms with Crippen LogP contribution in [-0.4, -0.2) is 11.9 Å². The highest BCUT2D eigenvalue weighted by Crippen LogP contribution is 2.13. The number of amides is 3. The van der Waals surface area contributed by atoms with Gasteiger partial charge in [0, 0.05) is 6.08 Å². The fraction of sp³-hybridized carbons (Fsp3) is 0.100. The number of rotatable bonds is 2. The van der Waals surface area contributed by atoms with Gasteiger partial charge in [-0.25, -0.2) is 4.79 Å². The Morgan fingerprint density at radius 3 is 2.75 bits per heavy atom. The molecule has 3 N–H and O–H groups in total. The molecule has 1 aromatic rings. The normalized spacial score (nSPS) is 10.6. The molecular formula is C10H9N3O3. The van der Waals surface area contributed by atoms with Crippen LogP contribution in [0, 0.1) is 18.3 Å². The number of imide groups is 1. The van der Waals surface area contributed by atoms with E-state index in [0.717, 1.165) is 5.56 Å². The second-order valence-electron chi connectivity index (χ2n) is 2.96. The molecule has 0 spiro atoms. The molecule has 82 valence electrons. The lowest BCUT2D eigenvalue weighted by Crippen LogP contribution is -2.35. The first-order chi connectivity index (χ1) is 7.54. The molecule has 0 saturated carbocycles. The Hall–Kier alpha value is -2.55. The van der Waals surface area contributed by atoms with Crippen LogP contribution in [0.4, 0.5) is 4.79 Å². The van der Waals surface area contributed by atoms with Crippen molar-refractivity contribution < 1.29 is 14.0 Å². The number of hydrogen-bond donors (Lipinski definition) is 2. The Labute approximate surface area is 91.3 Å². The Kier molecular flexibility index (Phi) is 3.45. The molecule has 1 rings (SSSR count). The number of nitrogens with one attached hydrogen (secondary N) is 1. The number of primary amides is 1. The van der Waals surface area contributed by atoms with Gasteiger partial charge in [-0.05, 0) is 18.6 Å². The third-order valence-electron chi connectivity index (χ3n) is 1.78. The first kappa shape index (κ1) is 11.5. The second kappa shape index (κ2) is 4.79. The summed E-state index contributed by atoms with van der Waals surface area (Å²) in [6.07, 6.45) is 2.68. The van der Waals surface area contributed by atoms with Gasteiger partial charge >= 0.3 is 6.03 Å². The van der Waals surface area contributed by atoms with Crippen LogP contribution in [0.25, 0.3) is 6.08 Å². The van der Waals surface area contributed by atoms with E-state index in [0.29, 0.717) is 5.76 Å².